The highest BCUT2D eigenvalue weighted by Crippen LogP contribution is 2.08. The zero-order valence-corrected chi connectivity index (χ0v) is 7.33. The lowest BCUT2D eigenvalue weighted by molar-refractivity contribution is 0.171. The van der Waals surface area contributed by atoms with Crippen molar-refractivity contribution >= 4 is 5.69 Å². The van der Waals surface area contributed by atoms with Crippen LogP contribution in [0.2, 0.25) is 0 Å². The third-order valence-corrected chi connectivity index (χ3v) is 1.92. The summed E-state index contributed by atoms with van der Waals surface area (Å²) in [6.07, 6.45) is 1.29. The Kier molecular flexibility index (Phi) is 3.11. The molecule has 1 unspecified atom stereocenters. The van der Waals surface area contributed by atoms with Gasteiger partial charge in [-0.05, 0) is 30.5 Å². The zero-order chi connectivity index (χ0) is 8.97. The van der Waals surface area contributed by atoms with E-state index < -0.39 is 0 Å². The summed E-state index contributed by atoms with van der Waals surface area (Å²) in [6, 6.07) is 7.62. The van der Waals surface area contributed by atoms with Crippen LogP contribution in [0.1, 0.15) is 18.9 Å². The molecule has 0 spiro atoms. The average Bonchev–Trinajstić information content (AvgIpc) is 2.09. The molecule has 0 aliphatic rings. The molecule has 2 heteroatoms. The fourth-order valence-corrected chi connectivity index (χ4v) is 1.07. The van der Waals surface area contributed by atoms with Crippen LogP contribution in [0.3, 0.4) is 0 Å². The van der Waals surface area contributed by atoms with Gasteiger partial charge in [0, 0.05) is 5.69 Å². The predicted octanol–water partition coefficient (Wildman–Crippen LogP) is 1.58. The molecule has 0 bridgehead atoms. The molecule has 1 atom stereocenters. The fourth-order valence-electron chi connectivity index (χ4n) is 1.07. The Hall–Kier alpha value is -1.02. The van der Waals surface area contributed by atoms with Gasteiger partial charge in [-0.1, -0.05) is 19.1 Å². The third kappa shape index (κ3) is 2.55. The molecule has 0 aliphatic carbocycles. The molecule has 0 fully saturated rings. The minimum atomic E-state index is -0.228. The zero-order valence-electron chi connectivity index (χ0n) is 7.33. The molecule has 0 saturated carbocycles. The van der Waals surface area contributed by atoms with Gasteiger partial charge >= 0.3 is 0 Å². The van der Waals surface area contributed by atoms with Gasteiger partial charge in [-0.25, -0.2) is 0 Å². The van der Waals surface area contributed by atoms with Crippen LogP contribution >= 0.6 is 0 Å². The monoisotopic (exact) mass is 165 g/mol. The van der Waals surface area contributed by atoms with Crippen molar-refractivity contribution < 1.29 is 5.11 Å². The molecule has 1 aromatic carbocycles. The molecule has 0 aliphatic heterocycles. The summed E-state index contributed by atoms with van der Waals surface area (Å²) in [7, 11) is 0. The number of aliphatic hydroxyl groups excluding tert-OH is 1. The lowest BCUT2D eigenvalue weighted by atomic mass is 10.1. The Balaban J connectivity index is 2.58. The fraction of sp³-hybridized carbons (Fsp3) is 0.400. The van der Waals surface area contributed by atoms with Crippen molar-refractivity contribution in [2.24, 2.45) is 0 Å². The largest absolute Gasteiger partial charge is 0.399 e. The highest BCUT2D eigenvalue weighted by molar-refractivity contribution is 5.39. The van der Waals surface area contributed by atoms with E-state index in [0.29, 0.717) is 0 Å². The Morgan fingerprint density at radius 3 is 2.42 bits per heavy atom. The summed E-state index contributed by atoms with van der Waals surface area (Å²) in [5.41, 5.74) is 7.43. The van der Waals surface area contributed by atoms with Crippen molar-refractivity contribution in [1.29, 1.82) is 0 Å². The van der Waals surface area contributed by atoms with Crippen LogP contribution in [0.4, 0.5) is 5.69 Å². The molecule has 1 aromatic rings. The van der Waals surface area contributed by atoms with Crippen LogP contribution in [-0.2, 0) is 6.42 Å². The molecule has 66 valence electrons. The highest BCUT2D eigenvalue weighted by Gasteiger charge is 2.01. The van der Waals surface area contributed by atoms with Gasteiger partial charge < -0.3 is 10.8 Å². The molecule has 3 N–H and O–H groups in total. The molecular formula is C10H15NO. The first-order chi connectivity index (χ1) is 5.72. The number of anilines is 1. The smallest absolute Gasteiger partial charge is 0.0577 e. The standard InChI is InChI=1S/C10H15NO/c1-2-10(12)7-8-3-5-9(11)6-4-8/h3-6,10,12H,2,7,11H2,1H3. The first-order valence-electron chi connectivity index (χ1n) is 4.25. The summed E-state index contributed by atoms with van der Waals surface area (Å²) in [5.74, 6) is 0. The summed E-state index contributed by atoms with van der Waals surface area (Å²) in [4.78, 5) is 0. The van der Waals surface area contributed by atoms with Gasteiger partial charge in [-0.2, -0.15) is 0 Å². The van der Waals surface area contributed by atoms with Crippen LogP contribution in [0.5, 0.6) is 0 Å². The van der Waals surface area contributed by atoms with Crippen molar-refractivity contribution in [2.45, 2.75) is 25.9 Å². The van der Waals surface area contributed by atoms with Crippen LogP contribution in [0.25, 0.3) is 0 Å². The first kappa shape index (κ1) is 9.07. The molecule has 1 rings (SSSR count). The van der Waals surface area contributed by atoms with Crippen LogP contribution in [-0.4, -0.2) is 11.2 Å². The third-order valence-electron chi connectivity index (χ3n) is 1.92. The molecule has 0 amide bonds. The second-order valence-electron chi connectivity index (χ2n) is 3.01. The van der Waals surface area contributed by atoms with Crippen molar-refractivity contribution in [1.82, 2.24) is 0 Å². The molecule has 12 heavy (non-hydrogen) atoms. The molecular weight excluding hydrogens is 150 g/mol. The summed E-state index contributed by atoms with van der Waals surface area (Å²) < 4.78 is 0. The van der Waals surface area contributed by atoms with Crippen LogP contribution in [0, 0.1) is 0 Å². The van der Waals surface area contributed by atoms with Gasteiger partial charge in [0.15, 0.2) is 0 Å². The van der Waals surface area contributed by atoms with E-state index in [2.05, 4.69) is 0 Å². The van der Waals surface area contributed by atoms with E-state index in [-0.39, 0.29) is 6.10 Å². The van der Waals surface area contributed by atoms with Gasteiger partial charge in [0.1, 0.15) is 0 Å². The van der Waals surface area contributed by atoms with E-state index in [0.717, 1.165) is 24.1 Å². The second-order valence-corrected chi connectivity index (χ2v) is 3.01. The van der Waals surface area contributed by atoms with Gasteiger partial charge in [0.25, 0.3) is 0 Å². The Morgan fingerprint density at radius 1 is 1.33 bits per heavy atom. The molecule has 0 aromatic heterocycles. The average molecular weight is 165 g/mol. The summed E-state index contributed by atoms with van der Waals surface area (Å²) >= 11 is 0. The SMILES string of the molecule is CCC(O)Cc1ccc(N)cc1. The number of benzene rings is 1. The van der Waals surface area contributed by atoms with E-state index in [1.807, 2.05) is 31.2 Å². The van der Waals surface area contributed by atoms with E-state index in [4.69, 9.17) is 5.73 Å². The lowest BCUT2D eigenvalue weighted by Gasteiger charge is -2.06. The van der Waals surface area contributed by atoms with Crippen molar-refractivity contribution in [3.8, 4) is 0 Å². The lowest BCUT2D eigenvalue weighted by Crippen LogP contribution is -2.08. The molecule has 0 heterocycles. The normalized spacial score (nSPS) is 12.8. The molecule has 2 nitrogen and oxygen atoms in total. The number of rotatable bonds is 3. The second kappa shape index (κ2) is 4.12. The van der Waals surface area contributed by atoms with Crippen molar-refractivity contribution in [3.05, 3.63) is 29.8 Å². The Labute approximate surface area is 73.0 Å². The number of nitrogens with two attached hydrogens (primary N) is 1. The number of aliphatic hydroxyl groups is 1. The summed E-state index contributed by atoms with van der Waals surface area (Å²) in [6.45, 7) is 1.97. The highest BCUT2D eigenvalue weighted by atomic mass is 16.3. The number of hydrogen-bond donors (Lipinski definition) is 2. The van der Waals surface area contributed by atoms with E-state index in [1.54, 1.807) is 0 Å². The van der Waals surface area contributed by atoms with E-state index in [1.165, 1.54) is 0 Å². The predicted molar refractivity (Wildman–Crippen MR) is 50.9 cm³/mol. The minimum Gasteiger partial charge on any atom is -0.399 e. The number of hydrogen-bond acceptors (Lipinski definition) is 2. The van der Waals surface area contributed by atoms with E-state index >= 15 is 0 Å². The van der Waals surface area contributed by atoms with Gasteiger partial charge in [0.05, 0.1) is 6.10 Å². The first-order valence-corrected chi connectivity index (χ1v) is 4.25. The molecule has 0 saturated heterocycles. The quantitative estimate of drug-likeness (QED) is 0.668. The maximum atomic E-state index is 9.35. The van der Waals surface area contributed by atoms with E-state index in [9.17, 15) is 5.11 Å². The van der Waals surface area contributed by atoms with Crippen LogP contribution in [0.15, 0.2) is 24.3 Å². The van der Waals surface area contributed by atoms with Crippen LogP contribution < -0.4 is 5.73 Å². The van der Waals surface area contributed by atoms with Gasteiger partial charge in [0.2, 0.25) is 0 Å². The Bertz CT molecular complexity index is 230. The topological polar surface area (TPSA) is 46.2 Å². The van der Waals surface area contributed by atoms with Gasteiger partial charge in [-0.15, -0.1) is 0 Å². The van der Waals surface area contributed by atoms with Gasteiger partial charge in [-0.3, -0.25) is 0 Å². The maximum absolute atomic E-state index is 9.35. The Morgan fingerprint density at radius 2 is 1.92 bits per heavy atom. The number of nitrogen functional groups attached to an aromatic ring is 1. The summed E-state index contributed by atoms with van der Waals surface area (Å²) in [5, 5.41) is 9.35. The van der Waals surface area contributed by atoms with Crippen molar-refractivity contribution in [3.63, 3.8) is 0 Å². The maximum Gasteiger partial charge on any atom is 0.0577 e. The minimum absolute atomic E-state index is 0.228. The molecule has 0 radical (unpaired) electrons. The van der Waals surface area contributed by atoms with Crippen molar-refractivity contribution in [2.75, 3.05) is 5.73 Å².